The molecule has 0 N–H and O–H groups in total. The number of likely N-dealkylation sites (tertiary alicyclic amines) is 1. The minimum atomic E-state index is -5.53. The number of hydrogen-bond acceptors (Lipinski definition) is 5. The summed E-state index contributed by atoms with van der Waals surface area (Å²) in [5.41, 5.74) is -14.9. The van der Waals surface area contributed by atoms with E-state index in [-0.39, 0.29) is 4.57 Å². The van der Waals surface area contributed by atoms with Crippen molar-refractivity contribution in [2.45, 2.75) is 55.7 Å². The van der Waals surface area contributed by atoms with Crippen molar-refractivity contribution in [1.82, 2.24) is 14.4 Å². The number of hydrogen-bond donors (Lipinski definition) is 0. The molecule has 0 atom stereocenters. The van der Waals surface area contributed by atoms with Crippen LogP contribution < -0.4 is 5.43 Å². The van der Waals surface area contributed by atoms with Crippen LogP contribution in [0.25, 0.3) is 22.0 Å². The first kappa shape index (κ1) is 15.3. The van der Waals surface area contributed by atoms with Gasteiger partial charge in [0.25, 0.3) is 0 Å². The lowest BCUT2D eigenvalue weighted by molar-refractivity contribution is -0.137. The molecule has 1 aromatic heterocycles. The average molecular weight is 781 g/mol. The highest BCUT2D eigenvalue weighted by Gasteiger charge is 2.31. The monoisotopic (exact) mass is 780 g/mol. The fraction of sp³-hybridized carbons (Fsp3) is 0.317. The number of amides is 1. The van der Waals surface area contributed by atoms with E-state index in [1.165, 1.54) is 0 Å². The molecule has 0 spiro atoms. The van der Waals surface area contributed by atoms with Gasteiger partial charge in [-0.2, -0.15) is 13.2 Å². The number of fused-ring (bicyclic) bond motifs is 1. The van der Waals surface area contributed by atoms with Gasteiger partial charge in [0.2, 0.25) is 5.91 Å². The summed E-state index contributed by atoms with van der Waals surface area (Å²) in [4.78, 5) is 28.5. The molecule has 1 aliphatic heterocycles. The van der Waals surface area contributed by atoms with Crippen molar-refractivity contribution < 1.29 is 74.0 Å². The highest BCUT2D eigenvalue weighted by molar-refractivity contribution is 7.98. The minimum absolute atomic E-state index is 0.0985. The van der Waals surface area contributed by atoms with E-state index >= 15 is 13.6 Å². The van der Waals surface area contributed by atoms with Crippen LogP contribution in [0.3, 0.4) is 0 Å². The van der Waals surface area contributed by atoms with E-state index in [0.717, 1.165) is 6.92 Å². The molecular weight excluding hydrogens is 710 g/mol. The average Bonchev–Trinajstić information content (AvgIpc) is 0.707. The van der Waals surface area contributed by atoms with Gasteiger partial charge in [-0.15, -0.1) is 11.8 Å². The number of thioether (sulfide) groups is 1. The molecule has 2 heterocycles. The van der Waals surface area contributed by atoms with Crippen LogP contribution in [-0.4, -0.2) is 59.4 Å². The Bertz CT molecular complexity index is 3570. The molecule has 1 aliphatic rings. The number of benzene rings is 4. The van der Waals surface area contributed by atoms with E-state index in [4.69, 9.17) is 35.6 Å². The van der Waals surface area contributed by atoms with Crippen molar-refractivity contribution in [2.24, 2.45) is 0 Å². The van der Waals surface area contributed by atoms with Gasteiger partial charge in [0, 0.05) is 78.2 Å². The lowest BCUT2D eigenvalue weighted by Gasteiger charge is -2.39. The highest BCUT2D eigenvalue weighted by Crippen LogP contribution is 2.32. The molecule has 0 unspecified atom stereocenters. The molecule has 6 nitrogen and oxygen atoms in total. The zero-order valence-electron chi connectivity index (χ0n) is 57.5. The van der Waals surface area contributed by atoms with Crippen LogP contribution in [0, 0.1) is 18.6 Å². The van der Waals surface area contributed by atoms with Gasteiger partial charge >= 0.3 is 6.18 Å². The number of carbonyl (C=O) groups excluding carboxylic acids is 1. The number of halogens is 5. The van der Waals surface area contributed by atoms with Gasteiger partial charge in [-0.05, 0) is 72.1 Å². The van der Waals surface area contributed by atoms with Gasteiger partial charge in [-0.3, -0.25) is 9.59 Å². The van der Waals surface area contributed by atoms with E-state index in [1.54, 1.807) is 0 Å². The second-order valence-corrected chi connectivity index (χ2v) is 11.1. The quantitative estimate of drug-likeness (QED) is 0.0938. The number of carbonyl (C=O) groups is 1. The molecule has 0 aliphatic carbocycles. The number of methoxy groups -OCH3 is 1. The smallest absolute Gasteiger partial charge is 0.383 e. The maximum absolute atomic E-state index is 15.8. The third-order valence-corrected chi connectivity index (χ3v) is 7.78. The van der Waals surface area contributed by atoms with E-state index in [1.807, 2.05) is 0 Å². The second-order valence-electron chi connectivity index (χ2n) is 10.3. The summed E-state index contributed by atoms with van der Waals surface area (Å²) in [7, 11) is -3.56. The molecule has 1 saturated heterocycles. The Morgan fingerprint density at radius 2 is 1.75 bits per heavy atom. The Balaban J connectivity index is 1.77. The third-order valence-electron chi connectivity index (χ3n) is 6.96. The molecule has 0 radical (unpaired) electrons. The van der Waals surface area contributed by atoms with E-state index in [9.17, 15) is 24.8 Å². The van der Waals surface area contributed by atoms with Gasteiger partial charge in [0.1, 0.15) is 6.54 Å². The normalized spacial score (nSPS) is 27.8. The van der Waals surface area contributed by atoms with Crippen LogP contribution in [0.1, 0.15) is 77.5 Å². The number of ether oxygens (including phenoxy) is 1. The highest BCUT2D eigenvalue weighted by atomic mass is 32.2. The number of para-hydroxylation sites is 1. The Morgan fingerprint density at radius 1 is 1.02 bits per heavy atom. The summed E-state index contributed by atoms with van der Waals surface area (Å²) in [6.45, 7) is -18.3. The lowest BCUT2D eigenvalue weighted by Crippen LogP contribution is -2.48. The van der Waals surface area contributed by atoms with Crippen molar-refractivity contribution in [3.05, 3.63) is 135 Å². The number of rotatable bonds is 12. The first-order chi connectivity index (χ1) is 37.7. The van der Waals surface area contributed by atoms with Crippen LogP contribution in [-0.2, 0) is 34.5 Å². The van der Waals surface area contributed by atoms with Gasteiger partial charge in [-0.1, -0.05) is 54.4 Å². The van der Waals surface area contributed by atoms with Crippen molar-refractivity contribution in [3.8, 4) is 11.1 Å². The first-order valence-electron chi connectivity index (χ1n) is 30.0. The topological polar surface area (TPSA) is 54.8 Å². The van der Waals surface area contributed by atoms with Crippen molar-refractivity contribution >= 4 is 28.6 Å². The molecule has 1 amide bonds. The molecule has 6 rings (SSSR count). The molecular formula is C41H40F5N3O3S. The SMILES string of the molecule is [2H]c1c([2H])c(F)c(F)c(C([2H])([2H])Sc2c([2H])c(=O)c3c([2H])c([2H])c([2H])c([2H])c3n2CC(=O)N(Cc2c([2H])c([2H])c(-c3c([2H])c([2H])c(C(F)(F)F)c([2H])c3[2H])c([2H])c2C)C2([2H])C([2H])([2H])C([2H])([2H])N(C([2H])([2H])COC([2H])([2H])[2H])C([2H])([2H])C2([2H])[2H])c1[2H]. The van der Waals surface area contributed by atoms with Crippen LogP contribution in [0.2, 0.25) is 0 Å². The molecule has 0 saturated carbocycles. The number of pyridine rings is 1. The lowest BCUT2D eigenvalue weighted by atomic mass is 9.97. The van der Waals surface area contributed by atoms with E-state index < -0.39 is 261 Å². The second kappa shape index (κ2) is 16.7. The van der Waals surface area contributed by atoms with Crippen LogP contribution in [0.5, 0.6) is 0 Å². The summed E-state index contributed by atoms with van der Waals surface area (Å²) in [6.07, 6.45) is -15.0. The Morgan fingerprint density at radius 3 is 2.49 bits per heavy atom. The predicted octanol–water partition coefficient (Wildman–Crippen LogP) is 8.71. The summed E-state index contributed by atoms with van der Waals surface area (Å²) in [5.74, 6) is -6.75. The van der Waals surface area contributed by atoms with Crippen LogP contribution in [0.4, 0.5) is 22.0 Å². The predicted molar refractivity (Wildman–Crippen MR) is 198 cm³/mol. The van der Waals surface area contributed by atoms with Crippen molar-refractivity contribution in [1.29, 1.82) is 0 Å². The Hall–Kier alpha value is -4.52. The largest absolute Gasteiger partial charge is 0.416 e. The molecule has 278 valence electrons. The van der Waals surface area contributed by atoms with Crippen molar-refractivity contribution in [2.75, 3.05) is 33.1 Å². The fourth-order valence-corrected chi connectivity index (χ4v) is 5.17. The zero-order chi connectivity index (χ0) is 64.9. The zero-order valence-corrected chi connectivity index (χ0v) is 27.3. The third kappa shape index (κ3) is 9.00. The Kier molecular flexibility index (Phi) is 4.81. The number of piperidine rings is 1. The fourth-order valence-electron chi connectivity index (χ4n) is 4.42. The number of nitrogens with zero attached hydrogens (tertiary/aromatic N) is 3. The maximum atomic E-state index is 15.8. The Labute approximate surface area is 352 Å². The maximum Gasteiger partial charge on any atom is 0.416 e. The molecule has 12 heteroatoms. The van der Waals surface area contributed by atoms with Gasteiger partial charge in [-0.25, -0.2) is 8.78 Å². The van der Waals surface area contributed by atoms with E-state index in [0.29, 0.717) is 0 Å². The van der Waals surface area contributed by atoms with Gasteiger partial charge in [0.05, 0.1) is 48.8 Å². The molecule has 5 aromatic rings. The van der Waals surface area contributed by atoms with E-state index in [2.05, 4.69) is 4.74 Å². The van der Waals surface area contributed by atoms with Gasteiger partial charge in [0.15, 0.2) is 17.1 Å². The summed E-state index contributed by atoms with van der Waals surface area (Å²) >= 11 is -0.628. The van der Waals surface area contributed by atoms with Gasteiger partial charge < -0.3 is 19.1 Å². The first-order valence-corrected chi connectivity index (χ1v) is 15.3. The standard InChI is InChI=1S/C41H40F5N3O3S/c1-27-22-29(28-12-14-32(15-13-28)41(44,45)46)10-11-30(27)24-48(33-16-18-47(19-17-33)20-21-52-2)38(51)25-49-36-9-4-3-7-34(36)37(50)23-39(49)53-26-31-6-5-8-35(42)40(31)43/h3-15,22-23,33H,16-21,24-26H2,1-2H3/i2D3,3D,4D,5D,6D,7D,8D,9D,10D,11D,12D,13D,14D,15D,16D2,17D2,18D2,19D2,20D2,22D,23D,26D2,33D. The molecule has 4 aromatic carbocycles. The summed E-state index contributed by atoms with van der Waals surface area (Å²) in [6, 6.07) is -26.7. The number of aromatic nitrogens is 1. The minimum Gasteiger partial charge on any atom is -0.383 e. The summed E-state index contributed by atoms with van der Waals surface area (Å²) < 4.78 is 345. The molecule has 53 heavy (non-hydrogen) atoms. The molecule has 1 fully saturated rings. The molecule has 0 bridgehead atoms. The van der Waals surface area contributed by atoms with Crippen LogP contribution >= 0.6 is 11.8 Å². The summed E-state index contributed by atoms with van der Waals surface area (Å²) in [5, 5.41) is -2.66. The number of alkyl halides is 3. The van der Waals surface area contributed by atoms with Crippen molar-refractivity contribution in [3.63, 3.8) is 0 Å². The van der Waals surface area contributed by atoms with Crippen LogP contribution in [0.15, 0.2) is 100 Å².